The topological polar surface area (TPSA) is 96.8 Å². The molecule has 26 heavy (non-hydrogen) atoms. The van der Waals surface area contributed by atoms with Gasteiger partial charge in [-0.05, 0) is 0 Å². The maximum atomic E-state index is 12.0. The van der Waals surface area contributed by atoms with Gasteiger partial charge in [0, 0.05) is 42.7 Å². The lowest BCUT2D eigenvalue weighted by Crippen LogP contribution is -2.36. The molecule has 0 unspecified atom stereocenters. The summed E-state index contributed by atoms with van der Waals surface area (Å²) in [6, 6.07) is 9.91. The van der Waals surface area contributed by atoms with Crippen LogP contribution in [0.3, 0.4) is 0 Å². The third kappa shape index (κ3) is 4.15. The van der Waals surface area contributed by atoms with Crippen molar-refractivity contribution >= 4 is 17.2 Å². The summed E-state index contributed by atoms with van der Waals surface area (Å²) in [5.41, 5.74) is 1.28. The number of rotatable bonds is 6. The highest BCUT2D eigenvalue weighted by Crippen LogP contribution is 2.21. The third-order valence-electron chi connectivity index (χ3n) is 3.89. The van der Waals surface area contributed by atoms with Gasteiger partial charge in [0.2, 0.25) is 5.91 Å². The smallest absolute Gasteiger partial charge is 0.328 e. The number of nitrogens with one attached hydrogen (secondary N) is 2. The van der Waals surface area contributed by atoms with E-state index < -0.39 is 11.2 Å². The van der Waals surface area contributed by atoms with Crippen LogP contribution >= 0.6 is 11.3 Å². The Bertz CT molecular complexity index is 1020. The number of hydrogen-bond acceptors (Lipinski definition) is 5. The average molecular weight is 370 g/mol. The molecule has 0 saturated carbocycles. The molecule has 0 atom stereocenters. The van der Waals surface area contributed by atoms with Crippen molar-refractivity contribution in [1.29, 1.82) is 0 Å². The Balaban J connectivity index is 1.53. The van der Waals surface area contributed by atoms with Gasteiger partial charge in [-0.2, -0.15) is 0 Å². The van der Waals surface area contributed by atoms with Crippen molar-refractivity contribution in [2.45, 2.75) is 12.8 Å². The summed E-state index contributed by atoms with van der Waals surface area (Å²) in [5, 5.41) is 5.71. The number of benzene rings is 1. The summed E-state index contributed by atoms with van der Waals surface area (Å²) in [7, 11) is 1.37. The summed E-state index contributed by atoms with van der Waals surface area (Å²) in [5.74, 6) is -0.269. The highest BCUT2D eigenvalue weighted by molar-refractivity contribution is 7.09. The molecule has 1 amide bonds. The average Bonchev–Trinajstić information content (AvgIpc) is 3.12. The number of carbonyl (C=O) groups is 1. The van der Waals surface area contributed by atoms with Gasteiger partial charge in [-0.15, -0.1) is 11.3 Å². The second-order valence-electron chi connectivity index (χ2n) is 5.75. The van der Waals surface area contributed by atoms with Gasteiger partial charge in [0.05, 0.1) is 17.1 Å². The lowest BCUT2D eigenvalue weighted by atomic mass is 10.2. The fourth-order valence-corrected chi connectivity index (χ4v) is 3.26. The molecular formula is C18H18N4O3S. The third-order valence-corrected chi connectivity index (χ3v) is 4.80. The zero-order chi connectivity index (χ0) is 18.5. The van der Waals surface area contributed by atoms with Crippen LogP contribution in [-0.2, 0) is 24.7 Å². The first-order valence-corrected chi connectivity index (χ1v) is 8.96. The van der Waals surface area contributed by atoms with Crippen molar-refractivity contribution < 1.29 is 4.79 Å². The van der Waals surface area contributed by atoms with E-state index in [1.807, 2.05) is 35.7 Å². The van der Waals surface area contributed by atoms with Crippen LogP contribution in [-0.4, -0.2) is 27.0 Å². The molecule has 1 aromatic carbocycles. The molecular weight excluding hydrogens is 352 g/mol. The Morgan fingerprint density at radius 2 is 2.04 bits per heavy atom. The lowest BCUT2D eigenvalue weighted by molar-refractivity contribution is -0.120. The SMILES string of the molecule is Cn1c(=O)[nH]cc(CC(=O)NCCc2nc(-c3ccccc3)cs2)c1=O. The largest absolute Gasteiger partial charge is 0.355 e. The van der Waals surface area contributed by atoms with Crippen LogP contribution in [0.1, 0.15) is 10.6 Å². The van der Waals surface area contributed by atoms with Crippen LogP contribution in [0.4, 0.5) is 0 Å². The molecule has 0 spiro atoms. The minimum atomic E-state index is -0.503. The maximum Gasteiger partial charge on any atom is 0.328 e. The molecule has 2 N–H and O–H groups in total. The molecule has 0 bridgehead atoms. The van der Waals surface area contributed by atoms with Crippen molar-refractivity contribution in [3.05, 3.63) is 73.3 Å². The van der Waals surface area contributed by atoms with Gasteiger partial charge in [0.15, 0.2) is 0 Å². The molecule has 3 aromatic rings. The summed E-state index contributed by atoms with van der Waals surface area (Å²) >= 11 is 1.55. The highest BCUT2D eigenvalue weighted by Gasteiger charge is 2.10. The zero-order valence-electron chi connectivity index (χ0n) is 14.2. The first-order valence-electron chi connectivity index (χ1n) is 8.08. The zero-order valence-corrected chi connectivity index (χ0v) is 15.0. The predicted octanol–water partition coefficient (Wildman–Crippen LogP) is 1.10. The van der Waals surface area contributed by atoms with Crippen molar-refractivity contribution in [2.75, 3.05) is 6.54 Å². The van der Waals surface area contributed by atoms with Gasteiger partial charge < -0.3 is 10.3 Å². The summed E-state index contributed by atoms with van der Waals surface area (Å²) in [6.45, 7) is 0.435. The van der Waals surface area contributed by atoms with Crippen molar-refractivity contribution in [1.82, 2.24) is 19.9 Å². The molecule has 0 radical (unpaired) electrons. The normalized spacial score (nSPS) is 10.7. The number of aromatic nitrogens is 3. The van der Waals surface area contributed by atoms with E-state index in [0.717, 1.165) is 20.8 Å². The monoisotopic (exact) mass is 370 g/mol. The van der Waals surface area contributed by atoms with Crippen molar-refractivity contribution in [2.24, 2.45) is 7.05 Å². The number of H-pyrrole nitrogens is 1. The molecule has 0 aliphatic rings. The van der Waals surface area contributed by atoms with E-state index in [1.165, 1.54) is 13.2 Å². The van der Waals surface area contributed by atoms with Crippen LogP contribution in [0, 0.1) is 0 Å². The van der Waals surface area contributed by atoms with E-state index in [9.17, 15) is 14.4 Å². The number of nitrogens with zero attached hydrogens (tertiary/aromatic N) is 2. The second kappa shape index (κ2) is 7.92. The predicted molar refractivity (Wildman–Crippen MR) is 100 cm³/mol. The minimum absolute atomic E-state index is 0.0728. The summed E-state index contributed by atoms with van der Waals surface area (Å²) in [4.78, 5) is 42.2. The minimum Gasteiger partial charge on any atom is -0.355 e. The number of hydrogen-bond donors (Lipinski definition) is 2. The fourth-order valence-electron chi connectivity index (χ4n) is 2.45. The molecule has 2 aromatic heterocycles. The van der Waals surface area contributed by atoms with Crippen LogP contribution in [0.15, 0.2) is 51.5 Å². The fraction of sp³-hybridized carbons (Fsp3) is 0.222. The maximum absolute atomic E-state index is 12.0. The molecule has 0 fully saturated rings. The van der Waals surface area contributed by atoms with Crippen LogP contribution < -0.4 is 16.6 Å². The van der Waals surface area contributed by atoms with E-state index in [2.05, 4.69) is 15.3 Å². The van der Waals surface area contributed by atoms with Crippen molar-refractivity contribution in [3.63, 3.8) is 0 Å². The van der Waals surface area contributed by atoms with E-state index >= 15 is 0 Å². The number of thiazole rings is 1. The Labute approximate surface area is 153 Å². The molecule has 134 valence electrons. The Morgan fingerprint density at radius 1 is 1.27 bits per heavy atom. The number of carbonyl (C=O) groups excluding carboxylic acids is 1. The first kappa shape index (κ1) is 17.8. The van der Waals surface area contributed by atoms with E-state index in [-0.39, 0.29) is 17.9 Å². The Hall–Kier alpha value is -3.00. The number of amides is 1. The molecule has 0 aliphatic carbocycles. The second-order valence-corrected chi connectivity index (χ2v) is 6.70. The quantitative estimate of drug-likeness (QED) is 0.679. The van der Waals surface area contributed by atoms with Gasteiger partial charge >= 0.3 is 5.69 Å². The van der Waals surface area contributed by atoms with Crippen molar-refractivity contribution in [3.8, 4) is 11.3 Å². The molecule has 0 saturated heterocycles. The van der Waals surface area contributed by atoms with Gasteiger partial charge in [-0.1, -0.05) is 30.3 Å². The summed E-state index contributed by atoms with van der Waals surface area (Å²) in [6.07, 6.45) is 1.83. The standard InChI is InChI=1S/C18H18N4O3S/c1-22-17(24)13(10-20-18(22)25)9-15(23)19-8-7-16-21-14(11-26-16)12-5-3-2-4-6-12/h2-6,10-11H,7-9H2,1H3,(H,19,23)(H,20,25). The van der Waals surface area contributed by atoms with E-state index in [4.69, 9.17) is 0 Å². The van der Waals surface area contributed by atoms with Gasteiger partial charge in [-0.25, -0.2) is 9.78 Å². The Morgan fingerprint density at radius 3 is 2.81 bits per heavy atom. The molecule has 2 heterocycles. The molecule has 3 rings (SSSR count). The number of aromatic amines is 1. The van der Waals surface area contributed by atoms with Gasteiger partial charge in [0.1, 0.15) is 0 Å². The van der Waals surface area contributed by atoms with Crippen LogP contribution in [0.25, 0.3) is 11.3 Å². The molecule has 8 heteroatoms. The van der Waals surface area contributed by atoms with E-state index in [1.54, 1.807) is 11.3 Å². The van der Waals surface area contributed by atoms with Crippen LogP contribution in [0.2, 0.25) is 0 Å². The van der Waals surface area contributed by atoms with Gasteiger partial charge in [0.25, 0.3) is 5.56 Å². The molecule has 7 nitrogen and oxygen atoms in total. The Kier molecular flexibility index (Phi) is 5.43. The summed E-state index contributed by atoms with van der Waals surface area (Å²) < 4.78 is 0.948. The van der Waals surface area contributed by atoms with E-state index in [0.29, 0.717) is 13.0 Å². The molecule has 0 aliphatic heterocycles. The lowest BCUT2D eigenvalue weighted by Gasteiger charge is -2.04. The van der Waals surface area contributed by atoms with Crippen LogP contribution in [0.5, 0.6) is 0 Å². The van der Waals surface area contributed by atoms with Gasteiger partial charge in [-0.3, -0.25) is 14.2 Å². The first-order chi connectivity index (χ1) is 12.5. The highest BCUT2D eigenvalue weighted by atomic mass is 32.1.